The van der Waals surface area contributed by atoms with Gasteiger partial charge in [0.1, 0.15) is 11.7 Å². The number of hydrogen-bond acceptors (Lipinski definition) is 3. The Bertz CT molecular complexity index is 261. The third-order valence-electron chi connectivity index (χ3n) is 3.61. The molecule has 0 aromatic carbocycles. The quantitative estimate of drug-likeness (QED) is 0.280. The number of Topliss-reactive ketones (excluding diaryl/α,β-unsaturated/α-hetero) is 1. The predicted octanol–water partition coefficient (Wildman–Crippen LogP) is 4.68. The number of esters is 1. The second-order valence-electron chi connectivity index (χ2n) is 5.59. The average molecular weight is 284 g/mol. The van der Waals surface area contributed by atoms with Crippen molar-refractivity contribution in [1.29, 1.82) is 0 Å². The number of carbonyl (C=O) groups is 2. The van der Waals surface area contributed by atoms with E-state index in [4.69, 9.17) is 4.74 Å². The molecule has 0 aliphatic carbocycles. The molecule has 0 aliphatic rings. The predicted molar refractivity (Wildman–Crippen MR) is 82.6 cm³/mol. The van der Waals surface area contributed by atoms with Gasteiger partial charge in [0.2, 0.25) is 0 Å². The third-order valence-corrected chi connectivity index (χ3v) is 3.61. The van der Waals surface area contributed by atoms with Gasteiger partial charge in [0.25, 0.3) is 0 Å². The summed E-state index contributed by atoms with van der Waals surface area (Å²) in [6.45, 7) is 6.25. The maximum Gasteiger partial charge on any atom is 0.316 e. The molecule has 0 radical (unpaired) electrons. The maximum absolute atomic E-state index is 11.9. The van der Waals surface area contributed by atoms with Gasteiger partial charge >= 0.3 is 5.97 Å². The molecule has 0 saturated heterocycles. The standard InChI is InChI=1S/C17H32O3/c1-4-6-8-9-10-11-13-16(15(3)18)17(19)20-14-12-7-5-2/h16H,4-14H2,1-3H3. The molecule has 0 bridgehead atoms. The lowest BCUT2D eigenvalue weighted by Gasteiger charge is -2.13. The van der Waals surface area contributed by atoms with Gasteiger partial charge in [0, 0.05) is 0 Å². The van der Waals surface area contributed by atoms with Crippen LogP contribution in [0.4, 0.5) is 0 Å². The molecule has 0 aromatic rings. The van der Waals surface area contributed by atoms with Gasteiger partial charge in [-0.1, -0.05) is 65.2 Å². The summed E-state index contributed by atoms with van der Waals surface area (Å²) in [6.07, 6.45) is 10.7. The van der Waals surface area contributed by atoms with E-state index < -0.39 is 5.92 Å². The number of rotatable bonds is 13. The van der Waals surface area contributed by atoms with E-state index in [1.165, 1.54) is 32.6 Å². The summed E-state index contributed by atoms with van der Waals surface area (Å²) in [5, 5.41) is 0. The number of ether oxygens (including phenoxy) is 1. The molecule has 0 heterocycles. The number of ketones is 1. The summed E-state index contributed by atoms with van der Waals surface area (Å²) in [5.74, 6) is -0.913. The highest BCUT2D eigenvalue weighted by Gasteiger charge is 2.24. The molecule has 1 atom stereocenters. The Labute approximate surface area is 124 Å². The van der Waals surface area contributed by atoms with Gasteiger partial charge in [-0.15, -0.1) is 0 Å². The van der Waals surface area contributed by atoms with Crippen LogP contribution in [0.5, 0.6) is 0 Å². The molecule has 20 heavy (non-hydrogen) atoms. The number of carbonyl (C=O) groups excluding carboxylic acids is 2. The van der Waals surface area contributed by atoms with Crippen LogP contribution in [0.3, 0.4) is 0 Å². The summed E-state index contributed by atoms with van der Waals surface area (Å²) in [5.41, 5.74) is 0. The molecule has 1 unspecified atom stereocenters. The molecule has 0 fully saturated rings. The Morgan fingerprint density at radius 2 is 1.40 bits per heavy atom. The monoisotopic (exact) mass is 284 g/mol. The van der Waals surface area contributed by atoms with Crippen molar-refractivity contribution in [2.24, 2.45) is 5.92 Å². The SMILES string of the molecule is CCCCCCCCC(C(C)=O)C(=O)OCCCCC. The van der Waals surface area contributed by atoms with E-state index in [2.05, 4.69) is 13.8 Å². The highest BCUT2D eigenvalue weighted by atomic mass is 16.5. The topological polar surface area (TPSA) is 43.4 Å². The van der Waals surface area contributed by atoms with E-state index in [1.54, 1.807) is 0 Å². The van der Waals surface area contributed by atoms with E-state index in [9.17, 15) is 9.59 Å². The van der Waals surface area contributed by atoms with E-state index in [0.29, 0.717) is 13.0 Å². The fraction of sp³-hybridized carbons (Fsp3) is 0.882. The minimum Gasteiger partial charge on any atom is -0.465 e. The zero-order chi connectivity index (χ0) is 15.2. The summed E-state index contributed by atoms with van der Waals surface area (Å²) < 4.78 is 5.20. The highest BCUT2D eigenvalue weighted by Crippen LogP contribution is 2.15. The Kier molecular flexibility index (Phi) is 12.6. The molecular weight excluding hydrogens is 252 g/mol. The van der Waals surface area contributed by atoms with E-state index in [-0.39, 0.29) is 11.8 Å². The summed E-state index contributed by atoms with van der Waals surface area (Å²) in [7, 11) is 0. The summed E-state index contributed by atoms with van der Waals surface area (Å²) >= 11 is 0. The maximum atomic E-state index is 11.9. The zero-order valence-corrected chi connectivity index (χ0v) is 13.6. The Hall–Kier alpha value is -0.860. The van der Waals surface area contributed by atoms with E-state index >= 15 is 0 Å². The fourth-order valence-electron chi connectivity index (χ4n) is 2.24. The Balaban J connectivity index is 3.85. The first-order chi connectivity index (χ1) is 9.63. The minimum atomic E-state index is -0.539. The molecule has 3 heteroatoms. The van der Waals surface area contributed by atoms with Gasteiger partial charge in [0.15, 0.2) is 0 Å². The first-order valence-corrected chi connectivity index (χ1v) is 8.30. The summed E-state index contributed by atoms with van der Waals surface area (Å²) in [4.78, 5) is 23.4. The average Bonchev–Trinajstić information content (AvgIpc) is 2.42. The van der Waals surface area contributed by atoms with E-state index in [0.717, 1.165) is 32.1 Å². The number of unbranched alkanes of at least 4 members (excludes halogenated alkanes) is 7. The van der Waals surface area contributed by atoms with Gasteiger partial charge in [-0.05, 0) is 19.8 Å². The van der Waals surface area contributed by atoms with Gasteiger partial charge in [-0.25, -0.2) is 0 Å². The van der Waals surface area contributed by atoms with Crippen molar-refractivity contribution in [3.63, 3.8) is 0 Å². The second kappa shape index (κ2) is 13.1. The van der Waals surface area contributed by atoms with Crippen molar-refractivity contribution < 1.29 is 14.3 Å². The van der Waals surface area contributed by atoms with Crippen LogP contribution in [-0.2, 0) is 14.3 Å². The first-order valence-electron chi connectivity index (χ1n) is 8.30. The van der Waals surface area contributed by atoms with Gasteiger partial charge < -0.3 is 4.74 Å². The van der Waals surface area contributed by atoms with Crippen molar-refractivity contribution in [1.82, 2.24) is 0 Å². The van der Waals surface area contributed by atoms with Crippen LogP contribution < -0.4 is 0 Å². The lowest BCUT2D eigenvalue weighted by molar-refractivity contribution is -0.152. The van der Waals surface area contributed by atoms with Crippen LogP contribution in [0.2, 0.25) is 0 Å². The molecule has 0 N–H and O–H groups in total. The van der Waals surface area contributed by atoms with Crippen LogP contribution in [0, 0.1) is 5.92 Å². The minimum absolute atomic E-state index is 0.0564. The van der Waals surface area contributed by atoms with Crippen LogP contribution in [0.15, 0.2) is 0 Å². The number of hydrogen-bond donors (Lipinski definition) is 0. The van der Waals surface area contributed by atoms with E-state index in [1.807, 2.05) is 0 Å². The van der Waals surface area contributed by atoms with Crippen molar-refractivity contribution in [2.75, 3.05) is 6.61 Å². The first kappa shape index (κ1) is 19.1. The van der Waals surface area contributed by atoms with Crippen molar-refractivity contribution in [3.05, 3.63) is 0 Å². The van der Waals surface area contributed by atoms with Gasteiger partial charge in [-0.3, -0.25) is 9.59 Å². The fourth-order valence-corrected chi connectivity index (χ4v) is 2.24. The molecule has 0 aromatic heterocycles. The molecule has 0 amide bonds. The molecule has 0 rings (SSSR count). The Morgan fingerprint density at radius 3 is 2.00 bits per heavy atom. The normalized spacial score (nSPS) is 12.2. The molecular formula is C17H32O3. The lowest BCUT2D eigenvalue weighted by Crippen LogP contribution is -2.24. The second-order valence-corrected chi connectivity index (χ2v) is 5.59. The van der Waals surface area contributed by atoms with Crippen molar-refractivity contribution >= 4 is 11.8 Å². The lowest BCUT2D eigenvalue weighted by atomic mass is 9.97. The van der Waals surface area contributed by atoms with Crippen molar-refractivity contribution in [2.45, 2.75) is 85.0 Å². The Morgan fingerprint density at radius 1 is 0.850 bits per heavy atom. The van der Waals surface area contributed by atoms with Crippen LogP contribution in [0.1, 0.15) is 85.0 Å². The highest BCUT2D eigenvalue weighted by molar-refractivity contribution is 5.97. The van der Waals surface area contributed by atoms with Crippen molar-refractivity contribution in [3.8, 4) is 0 Å². The molecule has 3 nitrogen and oxygen atoms in total. The van der Waals surface area contributed by atoms with Crippen LogP contribution >= 0.6 is 0 Å². The molecule has 0 spiro atoms. The third kappa shape index (κ3) is 9.99. The smallest absolute Gasteiger partial charge is 0.316 e. The molecule has 0 saturated carbocycles. The largest absolute Gasteiger partial charge is 0.465 e. The van der Waals surface area contributed by atoms with Gasteiger partial charge in [-0.2, -0.15) is 0 Å². The van der Waals surface area contributed by atoms with Gasteiger partial charge in [0.05, 0.1) is 6.61 Å². The molecule has 0 aliphatic heterocycles. The molecule has 118 valence electrons. The van der Waals surface area contributed by atoms with Crippen LogP contribution in [0.25, 0.3) is 0 Å². The van der Waals surface area contributed by atoms with Crippen LogP contribution in [-0.4, -0.2) is 18.4 Å². The summed E-state index contributed by atoms with van der Waals surface area (Å²) in [6, 6.07) is 0. The zero-order valence-electron chi connectivity index (χ0n) is 13.6.